The first kappa shape index (κ1) is 12.9. The molecule has 0 aliphatic carbocycles. The van der Waals surface area contributed by atoms with E-state index in [0.29, 0.717) is 6.42 Å². The van der Waals surface area contributed by atoms with Gasteiger partial charge in [0.2, 0.25) is 5.91 Å². The number of hydrogen-bond donors (Lipinski definition) is 4. The summed E-state index contributed by atoms with van der Waals surface area (Å²) in [5.74, 6) is -1.59. The molecule has 16 heavy (non-hydrogen) atoms. The van der Waals surface area contributed by atoms with Crippen LogP contribution in [-0.4, -0.2) is 46.8 Å². The van der Waals surface area contributed by atoms with Gasteiger partial charge in [-0.15, -0.1) is 0 Å². The molecule has 0 radical (unpaired) electrons. The number of rotatable bonds is 4. The highest BCUT2D eigenvalue weighted by atomic mass is 16.4. The van der Waals surface area contributed by atoms with Gasteiger partial charge in [-0.05, 0) is 32.7 Å². The van der Waals surface area contributed by atoms with E-state index in [1.165, 1.54) is 0 Å². The lowest BCUT2D eigenvalue weighted by Crippen LogP contribution is -2.60. The Morgan fingerprint density at radius 2 is 2.19 bits per heavy atom. The lowest BCUT2D eigenvalue weighted by molar-refractivity contribution is -0.144. The largest absolute Gasteiger partial charge is 0.480 e. The smallest absolute Gasteiger partial charge is 0.328 e. The van der Waals surface area contributed by atoms with Crippen LogP contribution in [0.1, 0.15) is 26.2 Å². The van der Waals surface area contributed by atoms with Crippen molar-refractivity contribution in [2.45, 2.75) is 37.8 Å². The van der Waals surface area contributed by atoms with E-state index in [9.17, 15) is 9.59 Å². The monoisotopic (exact) mass is 230 g/mol. The lowest BCUT2D eigenvalue weighted by atomic mass is 9.90. The minimum atomic E-state index is -1.23. The number of aliphatic hydroxyl groups is 1. The van der Waals surface area contributed by atoms with E-state index >= 15 is 0 Å². The fraction of sp³-hybridized carbons (Fsp3) is 0.800. The quantitative estimate of drug-likeness (QED) is 0.500. The highest BCUT2D eigenvalue weighted by Crippen LogP contribution is 2.18. The first-order valence-corrected chi connectivity index (χ1v) is 5.39. The second-order valence-corrected chi connectivity index (χ2v) is 4.26. The highest BCUT2D eigenvalue weighted by molar-refractivity contribution is 5.89. The van der Waals surface area contributed by atoms with Crippen LogP contribution in [0.15, 0.2) is 0 Å². The SMILES string of the molecule is CC1(C(=O)N[C@H](CO)C(=O)O)CCCCN1. The van der Waals surface area contributed by atoms with Crippen molar-refractivity contribution in [1.29, 1.82) is 0 Å². The number of carboxylic acids is 1. The maximum absolute atomic E-state index is 11.8. The van der Waals surface area contributed by atoms with E-state index in [1.54, 1.807) is 6.92 Å². The molecule has 1 amide bonds. The summed E-state index contributed by atoms with van der Waals surface area (Å²) in [4.78, 5) is 22.5. The van der Waals surface area contributed by atoms with Gasteiger partial charge in [-0.2, -0.15) is 0 Å². The molecule has 4 N–H and O–H groups in total. The number of carboxylic acid groups (broad SMARTS) is 1. The molecule has 6 heteroatoms. The van der Waals surface area contributed by atoms with Gasteiger partial charge in [0.1, 0.15) is 6.04 Å². The molecule has 6 nitrogen and oxygen atoms in total. The topological polar surface area (TPSA) is 98.7 Å². The van der Waals surface area contributed by atoms with Crippen LogP contribution in [0.25, 0.3) is 0 Å². The Morgan fingerprint density at radius 3 is 2.62 bits per heavy atom. The molecule has 1 unspecified atom stereocenters. The predicted octanol–water partition coefficient (Wildman–Crippen LogP) is -0.920. The summed E-state index contributed by atoms with van der Waals surface area (Å²) in [6.45, 7) is 1.90. The number of hydrogen-bond acceptors (Lipinski definition) is 4. The van der Waals surface area contributed by atoms with Crippen LogP contribution in [0.5, 0.6) is 0 Å². The molecular formula is C10H18N2O4. The molecule has 0 aromatic carbocycles. The van der Waals surface area contributed by atoms with E-state index in [0.717, 1.165) is 19.4 Å². The zero-order valence-corrected chi connectivity index (χ0v) is 9.32. The van der Waals surface area contributed by atoms with Crippen molar-refractivity contribution in [3.63, 3.8) is 0 Å². The average Bonchev–Trinajstić information content (AvgIpc) is 2.26. The fourth-order valence-corrected chi connectivity index (χ4v) is 1.75. The summed E-state index contributed by atoms with van der Waals surface area (Å²) in [6, 6.07) is -1.23. The van der Waals surface area contributed by atoms with Crippen molar-refractivity contribution < 1.29 is 19.8 Å². The van der Waals surface area contributed by atoms with Crippen molar-refractivity contribution in [2.75, 3.05) is 13.2 Å². The third-order valence-corrected chi connectivity index (χ3v) is 2.91. The summed E-state index contributed by atoms with van der Waals surface area (Å²) in [5.41, 5.74) is -0.721. The van der Waals surface area contributed by atoms with Gasteiger partial charge in [-0.1, -0.05) is 0 Å². The van der Waals surface area contributed by atoms with Gasteiger partial charge in [0.25, 0.3) is 0 Å². The Hall–Kier alpha value is -1.14. The van der Waals surface area contributed by atoms with Crippen molar-refractivity contribution in [1.82, 2.24) is 10.6 Å². The van der Waals surface area contributed by atoms with Gasteiger partial charge < -0.3 is 20.8 Å². The molecular weight excluding hydrogens is 212 g/mol. The first-order valence-electron chi connectivity index (χ1n) is 5.39. The Bertz CT molecular complexity index is 274. The summed E-state index contributed by atoms with van der Waals surface area (Å²) >= 11 is 0. The fourth-order valence-electron chi connectivity index (χ4n) is 1.75. The molecule has 1 aliphatic heterocycles. The molecule has 1 aliphatic rings. The maximum atomic E-state index is 11.8. The minimum Gasteiger partial charge on any atom is -0.480 e. The van der Waals surface area contributed by atoms with E-state index < -0.39 is 24.2 Å². The van der Waals surface area contributed by atoms with Crippen LogP contribution >= 0.6 is 0 Å². The van der Waals surface area contributed by atoms with Crippen LogP contribution in [0.4, 0.5) is 0 Å². The summed E-state index contributed by atoms with van der Waals surface area (Å²) in [5, 5.41) is 22.9. The minimum absolute atomic E-state index is 0.367. The van der Waals surface area contributed by atoms with Gasteiger partial charge in [0, 0.05) is 0 Å². The number of amides is 1. The zero-order chi connectivity index (χ0) is 12.2. The predicted molar refractivity (Wildman–Crippen MR) is 56.9 cm³/mol. The highest BCUT2D eigenvalue weighted by Gasteiger charge is 2.36. The molecule has 1 fully saturated rings. The molecule has 0 saturated carbocycles. The maximum Gasteiger partial charge on any atom is 0.328 e. The standard InChI is InChI=1S/C10H18N2O4/c1-10(4-2-3-5-11-10)9(16)12-7(6-13)8(14)15/h7,11,13H,2-6H2,1H3,(H,12,16)(H,14,15)/t7-,10?/m1/s1. The molecule has 2 atom stereocenters. The van der Waals surface area contributed by atoms with Crippen LogP contribution in [0, 0.1) is 0 Å². The van der Waals surface area contributed by atoms with Gasteiger partial charge in [0.05, 0.1) is 12.1 Å². The van der Waals surface area contributed by atoms with E-state index in [2.05, 4.69) is 10.6 Å². The van der Waals surface area contributed by atoms with Crippen molar-refractivity contribution >= 4 is 11.9 Å². The van der Waals surface area contributed by atoms with Crippen molar-refractivity contribution in [3.05, 3.63) is 0 Å². The average molecular weight is 230 g/mol. The lowest BCUT2D eigenvalue weighted by Gasteiger charge is -2.34. The second-order valence-electron chi connectivity index (χ2n) is 4.26. The van der Waals surface area contributed by atoms with Gasteiger partial charge in [-0.3, -0.25) is 4.79 Å². The molecule has 1 heterocycles. The second kappa shape index (κ2) is 5.27. The van der Waals surface area contributed by atoms with Gasteiger partial charge >= 0.3 is 5.97 Å². The Labute approximate surface area is 94.0 Å². The number of piperidine rings is 1. The van der Waals surface area contributed by atoms with Crippen molar-refractivity contribution in [3.8, 4) is 0 Å². The van der Waals surface area contributed by atoms with Gasteiger partial charge in [-0.25, -0.2) is 4.79 Å². The number of aliphatic hydroxyl groups excluding tert-OH is 1. The van der Waals surface area contributed by atoms with Crippen LogP contribution in [0.2, 0.25) is 0 Å². The van der Waals surface area contributed by atoms with Crippen molar-refractivity contribution in [2.24, 2.45) is 0 Å². The number of nitrogens with one attached hydrogen (secondary N) is 2. The molecule has 0 spiro atoms. The van der Waals surface area contributed by atoms with Crippen LogP contribution in [0.3, 0.4) is 0 Å². The molecule has 1 rings (SSSR count). The third-order valence-electron chi connectivity index (χ3n) is 2.91. The Kier molecular flexibility index (Phi) is 4.26. The number of aliphatic carboxylic acids is 1. The molecule has 0 bridgehead atoms. The number of carbonyl (C=O) groups is 2. The summed E-state index contributed by atoms with van der Waals surface area (Å²) in [7, 11) is 0. The first-order chi connectivity index (χ1) is 7.49. The zero-order valence-electron chi connectivity index (χ0n) is 9.32. The van der Waals surface area contributed by atoms with E-state index in [4.69, 9.17) is 10.2 Å². The summed E-state index contributed by atoms with van der Waals surface area (Å²) in [6.07, 6.45) is 2.63. The third kappa shape index (κ3) is 2.93. The number of carbonyl (C=O) groups excluding carboxylic acids is 1. The van der Waals surface area contributed by atoms with Crippen LogP contribution < -0.4 is 10.6 Å². The Morgan fingerprint density at radius 1 is 1.50 bits per heavy atom. The van der Waals surface area contributed by atoms with E-state index in [1.807, 2.05) is 0 Å². The molecule has 0 aromatic heterocycles. The normalized spacial score (nSPS) is 27.1. The van der Waals surface area contributed by atoms with Crippen LogP contribution in [-0.2, 0) is 9.59 Å². The van der Waals surface area contributed by atoms with Gasteiger partial charge in [0.15, 0.2) is 0 Å². The molecule has 1 saturated heterocycles. The summed E-state index contributed by atoms with van der Waals surface area (Å²) < 4.78 is 0. The molecule has 0 aromatic rings. The molecule has 92 valence electrons. The van der Waals surface area contributed by atoms with E-state index in [-0.39, 0.29) is 5.91 Å². The Balaban J connectivity index is 2.59.